The molecule has 0 radical (unpaired) electrons. The van der Waals surface area contributed by atoms with E-state index in [9.17, 15) is 0 Å². The maximum atomic E-state index is 5.94. The van der Waals surface area contributed by atoms with E-state index in [2.05, 4.69) is 40.4 Å². The quantitative estimate of drug-likeness (QED) is 0.796. The number of aromatic nitrogens is 2. The summed E-state index contributed by atoms with van der Waals surface area (Å²) in [4.78, 5) is 6.81. The maximum absolute atomic E-state index is 5.94. The van der Waals surface area contributed by atoms with Crippen molar-refractivity contribution in [2.45, 2.75) is 33.5 Å². The molecule has 6 heteroatoms. The fraction of sp³-hybridized carbons (Fsp3) is 0.550. The Balaban J connectivity index is 1.45. The molecule has 6 nitrogen and oxygen atoms in total. The molecule has 0 N–H and O–H groups in total. The number of fused-ring (bicyclic) bond motifs is 2. The van der Waals surface area contributed by atoms with Gasteiger partial charge >= 0.3 is 0 Å². The van der Waals surface area contributed by atoms with Crippen LogP contribution < -0.4 is 9.47 Å². The molecule has 140 valence electrons. The number of ether oxygens (including phenoxy) is 3. The number of nitrogens with zero attached hydrogens (tertiary/aromatic N) is 3. The van der Waals surface area contributed by atoms with E-state index in [1.165, 1.54) is 11.3 Å². The number of hydrogen-bond acceptors (Lipinski definition) is 5. The summed E-state index contributed by atoms with van der Waals surface area (Å²) in [6.45, 7) is 10.0. The summed E-state index contributed by atoms with van der Waals surface area (Å²) < 4.78 is 19.1. The Bertz CT molecular complexity index is 744. The standard InChI is InChI=1S/C20H27N3O3/c1-15(2)11-24-12-17-8-22(10-18-6-21-13-23(18)9-17)7-16-3-4-19-20(5-16)26-14-25-19/h3-6,13,15,17H,7-12,14H2,1-2H3. The van der Waals surface area contributed by atoms with Gasteiger partial charge in [0.05, 0.1) is 18.6 Å². The van der Waals surface area contributed by atoms with Gasteiger partial charge in [-0.15, -0.1) is 0 Å². The molecule has 1 unspecified atom stereocenters. The van der Waals surface area contributed by atoms with E-state index in [1.54, 1.807) is 0 Å². The minimum absolute atomic E-state index is 0.316. The summed E-state index contributed by atoms with van der Waals surface area (Å²) in [5.41, 5.74) is 2.50. The highest BCUT2D eigenvalue weighted by atomic mass is 16.7. The largest absolute Gasteiger partial charge is 0.454 e. The van der Waals surface area contributed by atoms with E-state index in [0.717, 1.165) is 50.9 Å². The van der Waals surface area contributed by atoms with Gasteiger partial charge in [-0.05, 0) is 23.6 Å². The van der Waals surface area contributed by atoms with Gasteiger partial charge < -0.3 is 18.8 Å². The van der Waals surface area contributed by atoms with Crippen molar-refractivity contribution < 1.29 is 14.2 Å². The average Bonchev–Trinajstić information content (AvgIpc) is 3.20. The van der Waals surface area contributed by atoms with Crippen molar-refractivity contribution >= 4 is 0 Å². The van der Waals surface area contributed by atoms with Crippen LogP contribution in [0.4, 0.5) is 0 Å². The number of hydrogen-bond donors (Lipinski definition) is 0. The third kappa shape index (κ3) is 4.02. The number of imidazole rings is 1. The second-order valence-electron chi connectivity index (χ2n) is 7.69. The van der Waals surface area contributed by atoms with Crippen LogP contribution >= 0.6 is 0 Å². The first-order valence-corrected chi connectivity index (χ1v) is 9.35. The van der Waals surface area contributed by atoms with Crippen molar-refractivity contribution in [1.29, 1.82) is 0 Å². The van der Waals surface area contributed by atoms with Crippen LogP contribution in [-0.2, 0) is 24.4 Å². The smallest absolute Gasteiger partial charge is 0.231 e. The number of rotatable bonds is 6. The monoisotopic (exact) mass is 357 g/mol. The van der Waals surface area contributed by atoms with Gasteiger partial charge in [-0.3, -0.25) is 4.90 Å². The molecule has 2 aliphatic rings. The molecule has 2 aromatic rings. The molecule has 1 atom stereocenters. The van der Waals surface area contributed by atoms with Crippen LogP contribution in [0.5, 0.6) is 11.5 Å². The van der Waals surface area contributed by atoms with Crippen molar-refractivity contribution in [1.82, 2.24) is 14.5 Å². The second-order valence-corrected chi connectivity index (χ2v) is 7.69. The molecule has 1 aromatic carbocycles. The van der Waals surface area contributed by atoms with Gasteiger partial charge in [0.15, 0.2) is 11.5 Å². The first-order chi connectivity index (χ1) is 12.7. The van der Waals surface area contributed by atoms with Crippen molar-refractivity contribution in [3.63, 3.8) is 0 Å². The molecule has 0 bridgehead atoms. The van der Waals surface area contributed by atoms with E-state index in [-0.39, 0.29) is 0 Å². The van der Waals surface area contributed by atoms with Crippen molar-refractivity contribution in [3.05, 3.63) is 42.0 Å². The van der Waals surface area contributed by atoms with E-state index in [0.29, 0.717) is 18.6 Å². The molecular formula is C20H27N3O3. The van der Waals surface area contributed by atoms with Gasteiger partial charge in [-0.2, -0.15) is 0 Å². The van der Waals surface area contributed by atoms with Gasteiger partial charge in [0.1, 0.15) is 0 Å². The Kier molecular flexibility index (Phi) is 5.13. The molecule has 0 fully saturated rings. The van der Waals surface area contributed by atoms with Crippen molar-refractivity contribution in [2.75, 3.05) is 26.6 Å². The van der Waals surface area contributed by atoms with Gasteiger partial charge in [-0.25, -0.2) is 4.98 Å². The fourth-order valence-electron chi connectivity index (χ4n) is 3.63. The van der Waals surface area contributed by atoms with Crippen LogP contribution in [0.25, 0.3) is 0 Å². The molecule has 2 aliphatic heterocycles. The average molecular weight is 357 g/mol. The lowest BCUT2D eigenvalue weighted by atomic mass is 10.1. The minimum Gasteiger partial charge on any atom is -0.454 e. The molecule has 4 rings (SSSR count). The Hall–Kier alpha value is -2.05. The molecule has 3 heterocycles. The van der Waals surface area contributed by atoms with Crippen LogP contribution in [0.2, 0.25) is 0 Å². The predicted molar refractivity (Wildman–Crippen MR) is 98.1 cm³/mol. The van der Waals surface area contributed by atoms with Gasteiger partial charge in [0.2, 0.25) is 6.79 Å². The molecule has 26 heavy (non-hydrogen) atoms. The van der Waals surface area contributed by atoms with Gasteiger partial charge in [0.25, 0.3) is 0 Å². The van der Waals surface area contributed by atoms with E-state index in [4.69, 9.17) is 14.2 Å². The summed E-state index contributed by atoms with van der Waals surface area (Å²) in [5, 5.41) is 0. The van der Waals surface area contributed by atoms with Crippen LogP contribution in [0.15, 0.2) is 30.7 Å². The van der Waals surface area contributed by atoms with Crippen LogP contribution in [0, 0.1) is 11.8 Å². The fourth-order valence-corrected chi connectivity index (χ4v) is 3.63. The molecule has 0 spiro atoms. The third-order valence-corrected chi connectivity index (χ3v) is 4.80. The highest BCUT2D eigenvalue weighted by Gasteiger charge is 2.23. The summed E-state index contributed by atoms with van der Waals surface area (Å²) in [5.74, 6) is 2.70. The van der Waals surface area contributed by atoms with E-state index in [1.807, 2.05) is 18.6 Å². The predicted octanol–water partition coefficient (Wildman–Crippen LogP) is 2.92. The third-order valence-electron chi connectivity index (χ3n) is 4.80. The zero-order valence-corrected chi connectivity index (χ0v) is 15.6. The van der Waals surface area contributed by atoms with Crippen molar-refractivity contribution in [3.8, 4) is 11.5 Å². The molecular weight excluding hydrogens is 330 g/mol. The van der Waals surface area contributed by atoms with Crippen molar-refractivity contribution in [2.24, 2.45) is 11.8 Å². The molecule has 0 saturated heterocycles. The molecule has 0 amide bonds. The van der Waals surface area contributed by atoms with E-state index >= 15 is 0 Å². The normalized spacial score (nSPS) is 19.6. The zero-order chi connectivity index (χ0) is 17.9. The highest BCUT2D eigenvalue weighted by Crippen LogP contribution is 2.33. The van der Waals surface area contributed by atoms with Gasteiger partial charge in [0, 0.05) is 44.9 Å². The lowest BCUT2D eigenvalue weighted by Gasteiger charge is -2.24. The Morgan fingerprint density at radius 3 is 3.00 bits per heavy atom. The lowest BCUT2D eigenvalue weighted by Crippen LogP contribution is -2.30. The summed E-state index contributed by atoms with van der Waals surface area (Å²) >= 11 is 0. The summed E-state index contributed by atoms with van der Waals surface area (Å²) in [6.07, 6.45) is 3.92. The summed E-state index contributed by atoms with van der Waals surface area (Å²) in [6, 6.07) is 6.22. The van der Waals surface area contributed by atoms with E-state index < -0.39 is 0 Å². The minimum atomic E-state index is 0.316. The van der Waals surface area contributed by atoms with Crippen LogP contribution in [0.3, 0.4) is 0 Å². The molecule has 0 saturated carbocycles. The lowest BCUT2D eigenvalue weighted by molar-refractivity contribution is 0.0613. The first kappa shape index (κ1) is 17.4. The SMILES string of the molecule is CC(C)COCC1CN(Cc2ccc3c(c2)OCO3)Cc2cncn2C1. The van der Waals surface area contributed by atoms with Crippen LogP contribution in [-0.4, -0.2) is 41.0 Å². The second kappa shape index (κ2) is 7.68. The molecule has 1 aromatic heterocycles. The van der Waals surface area contributed by atoms with Gasteiger partial charge in [-0.1, -0.05) is 19.9 Å². The van der Waals surface area contributed by atoms with Crippen LogP contribution in [0.1, 0.15) is 25.1 Å². The maximum Gasteiger partial charge on any atom is 0.231 e. The number of benzene rings is 1. The Labute approximate surface area is 154 Å². The topological polar surface area (TPSA) is 48.8 Å². The zero-order valence-electron chi connectivity index (χ0n) is 15.6. The first-order valence-electron chi connectivity index (χ1n) is 9.35. The highest BCUT2D eigenvalue weighted by molar-refractivity contribution is 5.44. The Morgan fingerprint density at radius 1 is 1.23 bits per heavy atom. The summed E-state index contributed by atoms with van der Waals surface area (Å²) in [7, 11) is 0. The Morgan fingerprint density at radius 2 is 2.12 bits per heavy atom. The molecule has 0 aliphatic carbocycles.